The van der Waals surface area contributed by atoms with E-state index in [0.29, 0.717) is 25.9 Å². The first kappa shape index (κ1) is 35.2. The standard InChI is InChI=1S/C33H45N5O9S/c1-32(2,3)47-30(42)34-25-15-9-7-5-6-8-14-23-17-33(23,29(41)36-48(4,44)45)35-27(39)26-16-24(20-38(26)28(25)40)46-31(43)37-18-21-12-10-11-13-22(21)19-37/h8,10-14,23-26H,5-7,9,15-20H2,1-4H3,(H,34,42)(H,35,39)(H,36,41)/t23-,24+,25-,26-,33+/m0/s1. The van der Waals surface area contributed by atoms with Crippen molar-refractivity contribution in [1.29, 1.82) is 0 Å². The Kier molecular flexibility index (Phi) is 10.1. The molecule has 14 nitrogen and oxygen atoms in total. The number of allylic oxidation sites excluding steroid dienone is 1. The van der Waals surface area contributed by atoms with Gasteiger partial charge in [-0.2, -0.15) is 0 Å². The van der Waals surface area contributed by atoms with E-state index in [-0.39, 0.29) is 25.8 Å². The first-order valence-corrected chi connectivity index (χ1v) is 18.3. The number of hydrogen-bond acceptors (Lipinski definition) is 9. The summed E-state index contributed by atoms with van der Waals surface area (Å²) in [7, 11) is -3.93. The van der Waals surface area contributed by atoms with Crippen LogP contribution in [0.2, 0.25) is 0 Å². The molecule has 1 aliphatic carbocycles. The van der Waals surface area contributed by atoms with Gasteiger partial charge in [0.1, 0.15) is 29.3 Å². The molecule has 2 fully saturated rings. The van der Waals surface area contributed by atoms with E-state index in [1.807, 2.05) is 41.1 Å². The third-order valence-electron chi connectivity index (χ3n) is 8.98. The molecule has 0 unspecified atom stereocenters. The predicted molar refractivity (Wildman–Crippen MR) is 173 cm³/mol. The number of amides is 5. The summed E-state index contributed by atoms with van der Waals surface area (Å²) in [5, 5.41) is 5.43. The van der Waals surface area contributed by atoms with E-state index in [1.54, 1.807) is 25.7 Å². The summed E-state index contributed by atoms with van der Waals surface area (Å²) >= 11 is 0. The molecule has 1 aromatic carbocycles. The summed E-state index contributed by atoms with van der Waals surface area (Å²) in [6.45, 7) is 5.72. The van der Waals surface area contributed by atoms with Crippen LogP contribution in [-0.2, 0) is 47.0 Å². The van der Waals surface area contributed by atoms with Crippen LogP contribution in [0.15, 0.2) is 36.4 Å². The van der Waals surface area contributed by atoms with E-state index < -0.39 is 75.2 Å². The number of benzene rings is 1. The highest BCUT2D eigenvalue weighted by atomic mass is 32.2. The van der Waals surface area contributed by atoms with Gasteiger partial charge in [-0.15, -0.1) is 0 Å². The van der Waals surface area contributed by atoms with Gasteiger partial charge in [-0.25, -0.2) is 18.0 Å². The molecule has 1 saturated heterocycles. The lowest BCUT2D eigenvalue weighted by Gasteiger charge is -2.30. The summed E-state index contributed by atoms with van der Waals surface area (Å²) in [4.78, 5) is 70.4. The average Bonchev–Trinajstić information content (AvgIpc) is 3.30. The van der Waals surface area contributed by atoms with E-state index >= 15 is 0 Å². The summed E-state index contributed by atoms with van der Waals surface area (Å²) in [6.07, 6.45) is 5.53. The van der Waals surface area contributed by atoms with Crippen molar-refractivity contribution in [3.05, 3.63) is 47.5 Å². The van der Waals surface area contributed by atoms with Crippen LogP contribution in [0.3, 0.4) is 0 Å². The highest BCUT2D eigenvalue weighted by Gasteiger charge is 2.61. The van der Waals surface area contributed by atoms with Gasteiger partial charge in [-0.3, -0.25) is 24.0 Å². The third-order valence-corrected chi connectivity index (χ3v) is 9.54. The number of alkyl carbamates (subject to hydrolysis) is 1. The molecule has 262 valence electrons. The minimum absolute atomic E-state index is 0.0620. The van der Waals surface area contributed by atoms with Crippen molar-refractivity contribution in [3.63, 3.8) is 0 Å². The Morgan fingerprint density at radius 2 is 1.73 bits per heavy atom. The summed E-state index contributed by atoms with van der Waals surface area (Å²) < 4.78 is 37.2. The van der Waals surface area contributed by atoms with Crippen molar-refractivity contribution in [2.45, 2.75) is 108 Å². The molecular weight excluding hydrogens is 642 g/mol. The van der Waals surface area contributed by atoms with E-state index in [0.717, 1.165) is 30.2 Å². The SMILES string of the molecule is CC(C)(C)OC(=O)N[C@H]1CCCCCC=C[C@H]2C[C@@]2(C(=O)NS(C)(=O)=O)NC(=O)[C@@H]2C[C@@H](OC(=O)N3Cc4ccccc4C3)CN2C1=O. The maximum Gasteiger partial charge on any atom is 0.410 e. The Morgan fingerprint density at radius 1 is 1.04 bits per heavy atom. The van der Waals surface area contributed by atoms with Gasteiger partial charge in [-0.05, 0) is 57.6 Å². The molecule has 0 bridgehead atoms. The van der Waals surface area contributed by atoms with Crippen LogP contribution in [0.25, 0.3) is 0 Å². The maximum absolute atomic E-state index is 14.2. The van der Waals surface area contributed by atoms with Gasteiger partial charge in [0.2, 0.25) is 21.8 Å². The molecule has 3 N–H and O–H groups in total. The zero-order valence-corrected chi connectivity index (χ0v) is 28.6. The predicted octanol–water partition coefficient (Wildman–Crippen LogP) is 2.47. The number of rotatable bonds is 4. The Balaban J connectivity index is 1.40. The Morgan fingerprint density at radius 3 is 2.38 bits per heavy atom. The number of carbonyl (C=O) groups excluding carboxylic acids is 5. The number of carbonyl (C=O) groups is 5. The van der Waals surface area contributed by atoms with E-state index in [9.17, 15) is 32.4 Å². The smallest absolute Gasteiger partial charge is 0.410 e. The number of ether oxygens (including phenoxy) is 2. The van der Waals surface area contributed by atoms with Crippen molar-refractivity contribution < 1.29 is 41.9 Å². The lowest BCUT2D eigenvalue weighted by molar-refractivity contribution is -0.141. The van der Waals surface area contributed by atoms with Crippen molar-refractivity contribution in [2.75, 3.05) is 12.8 Å². The fraction of sp³-hybridized carbons (Fsp3) is 0.606. The molecule has 0 aromatic heterocycles. The van der Waals surface area contributed by atoms with Gasteiger partial charge in [0.15, 0.2) is 0 Å². The maximum atomic E-state index is 14.2. The monoisotopic (exact) mass is 687 g/mol. The molecule has 3 heterocycles. The molecular formula is C33H45N5O9S. The van der Waals surface area contributed by atoms with Crippen molar-refractivity contribution in [2.24, 2.45) is 5.92 Å². The topological polar surface area (TPSA) is 181 Å². The summed E-state index contributed by atoms with van der Waals surface area (Å²) in [6, 6.07) is 5.45. The highest BCUT2D eigenvalue weighted by molar-refractivity contribution is 7.89. The van der Waals surface area contributed by atoms with E-state index in [1.165, 1.54) is 4.90 Å². The minimum Gasteiger partial charge on any atom is -0.444 e. The molecule has 5 atom stereocenters. The number of nitrogens with one attached hydrogen (secondary N) is 3. The van der Waals surface area contributed by atoms with Gasteiger partial charge in [-0.1, -0.05) is 49.3 Å². The van der Waals surface area contributed by atoms with E-state index in [4.69, 9.17) is 9.47 Å². The molecule has 1 aromatic rings. The van der Waals surface area contributed by atoms with Gasteiger partial charge >= 0.3 is 12.2 Å². The van der Waals surface area contributed by atoms with Gasteiger partial charge in [0.25, 0.3) is 5.91 Å². The van der Waals surface area contributed by atoms with Crippen molar-refractivity contribution in [3.8, 4) is 0 Å². The fourth-order valence-electron chi connectivity index (χ4n) is 6.55. The third kappa shape index (κ3) is 8.47. The number of sulfonamides is 1. The van der Waals surface area contributed by atoms with Crippen LogP contribution < -0.4 is 15.4 Å². The molecule has 1 saturated carbocycles. The lowest BCUT2D eigenvalue weighted by atomic mass is 10.0. The number of fused-ring (bicyclic) bond motifs is 3. The van der Waals surface area contributed by atoms with Crippen LogP contribution in [0, 0.1) is 5.92 Å². The second kappa shape index (κ2) is 13.8. The normalized spacial score (nSPS) is 27.8. The first-order chi connectivity index (χ1) is 22.5. The molecule has 0 spiro atoms. The van der Waals surface area contributed by atoms with Gasteiger partial charge < -0.3 is 25.0 Å². The molecule has 5 amide bonds. The first-order valence-electron chi connectivity index (χ1n) is 16.4. The second-order valence-electron chi connectivity index (χ2n) is 14.1. The molecule has 4 aliphatic rings. The highest BCUT2D eigenvalue weighted by Crippen LogP contribution is 2.45. The van der Waals surface area contributed by atoms with Gasteiger partial charge in [0.05, 0.1) is 12.8 Å². The quantitative estimate of drug-likeness (QED) is 0.401. The Bertz CT molecular complexity index is 1560. The molecule has 5 rings (SSSR count). The zero-order chi connectivity index (χ0) is 34.9. The largest absolute Gasteiger partial charge is 0.444 e. The zero-order valence-electron chi connectivity index (χ0n) is 27.8. The minimum atomic E-state index is -3.93. The number of hydrogen-bond donors (Lipinski definition) is 3. The molecule has 15 heteroatoms. The van der Waals surface area contributed by atoms with Crippen LogP contribution in [0.1, 0.15) is 76.8 Å². The molecule has 3 aliphatic heterocycles. The number of nitrogens with zero attached hydrogens (tertiary/aromatic N) is 2. The van der Waals surface area contributed by atoms with Crippen LogP contribution >= 0.6 is 0 Å². The average molecular weight is 688 g/mol. The Hall–Kier alpha value is -4.14. The molecule has 0 radical (unpaired) electrons. The van der Waals surface area contributed by atoms with Crippen LogP contribution in [-0.4, -0.2) is 90.3 Å². The van der Waals surface area contributed by atoms with Crippen molar-refractivity contribution >= 4 is 39.9 Å². The van der Waals surface area contributed by atoms with Crippen LogP contribution in [0.4, 0.5) is 9.59 Å². The second-order valence-corrected chi connectivity index (χ2v) is 15.9. The van der Waals surface area contributed by atoms with Gasteiger partial charge in [0, 0.05) is 25.4 Å². The Labute approximate surface area is 281 Å². The lowest BCUT2D eigenvalue weighted by Crippen LogP contribution is -2.58. The van der Waals surface area contributed by atoms with E-state index in [2.05, 4.69) is 10.6 Å². The fourth-order valence-corrected chi connectivity index (χ4v) is 7.07. The van der Waals surface area contributed by atoms with Crippen molar-refractivity contribution in [1.82, 2.24) is 25.2 Å². The summed E-state index contributed by atoms with van der Waals surface area (Å²) in [5.74, 6) is -2.57. The van der Waals surface area contributed by atoms with Crippen LogP contribution in [0.5, 0.6) is 0 Å². The summed E-state index contributed by atoms with van der Waals surface area (Å²) in [5.41, 5.74) is -0.337. The molecule has 48 heavy (non-hydrogen) atoms.